The number of halogens is 1. The highest BCUT2D eigenvalue weighted by molar-refractivity contribution is 8.02. The molecular weight excluding hydrogens is 226 g/mol. The summed E-state index contributed by atoms with van der Waals surface area (Å²) in [5.74, 6) is -0.766. The lowest BCUT2D eigenvalue weighted by molar-refractivity contribution is -0.140. The van der Waals surface area contributed by atoms with E-state index in [0.29, 0.717) is 0 Å². The lowest BCUT2D eigenvalue weighted by atomic mass is 10.0. The normalized spacial score (nSPS) is 27.3. The maximum Gasteiger partial charge on any atom is 0.322 e. The van der Waals surface area contributed by atoms with Crippen molar-refractivity contribution in [1.82, 2.24) is 5.32 Å². The standard InChI is InChI=1S/C8H15NO2S.ClH.H2O/c1-7(2)5(6(10)11)9-8(3,4)12-7;;/h5,9H,1-4H3,(H,10,11);1H;1H2. The Kier molecular flexibility index (Phi) is 5.53. The zero-order valence-corrected chi connectivity index (χ0v) is 10.4. The van der Waals surface area contributed by atoms with Gasteiger partial charge in [0.05, 0.1) is 4.87 Å². The van der Waals surface area contributed by atoms with Crippen molar-refractivity contribution in [3.63, 3.8) is 0 Å². The van der Waals surface area contributed by atoms with Crippen molar-refractivity contribution in [2.45, 2.75) is 43.4 Å². The third kappa shape index (κ3) is 3.31. The van der Waals surface area contributed by atoms with Crippen molar-refractivity contribution in [2.75, 3.05) is 0 Å². The molecule has 0 spiro atoms. The second-order valence-electron chi connectivity index (χ2n) is 4.13. The van der Waals surface area contributed by atoms with Crippen molar-refractivity contribution in [3.8, 4) is 0 Å². The SMILES string of the molecule is CC1(C)NC(C(=O)O)C(C)(C)S1.Cl.O. The van der Waals surface area contributed by atoms with Crippen molar-refractivity contribution >= 4 is 30.1 Å². The van der Waals surface area contributed by atoms with Gasteiger partial charge in [-0.3, -0.25) is 10.1 Å². The molecule has 86 valence electrons. The molecule has 4 nitrogen and oxygen atoms in total. The molecule has 0 saturated carbocycles. The number of carboxylic acids is 1. The van der Waals surface area contributed by atoms with Gasteiger partial charge in [-0.05, 0) is 27.7 Å². The monoisotopic (exact) mass is 243 g/mol. The van der Waals surface area contributed by atoms with Crippen LogP contribution in [0.15, 0.2) is 0 Å². The van der Waals surface area contributed by atoms with Gasteiger partial charge in [0, 0.05) is 4.75 Å². The summed E-state index contributed by atoms with van der Waals surface area (Å²) < 4.78 is -0.227. The summed E-state index contributed by atoms with van der Waals surface area (Å²) in [5, 5.41) is 12.0. The second-order valence-corrected chi connectivity index (χ2v) is 6.41. The molecule has 1 unspecified atom stereocenters. The lowest BCUT2D eigenvalue weighted by Gasteiger charge is -2.21. The van der Waals surface area contributed by atoms with E-state index in [0.717, 1.165) is 0 Å². The molecule has 6 heteroatoms. The quantitative estimate of drug-likeness (QED) is 0.717. The largest absolute Gasteiger partial charge is 0.480 e. The van der Waals surface area contributed by atoms with Crippen LogP contribution in [0.1, 0.15) is 27.7 Å². The minimum absolute atomic E-state index is 0. The van der Waals surface area contributed by atoms with E-state index in [9.17, 15) is 4.79 Å². The zero-order valence-electron chi connectivity index (χ0n) is 8.75. The van der Waals surface area contributed by atoms with Gasteiger partial charge < -0.3 is 10.6 Å². The van der Waals surface area contributed by atoms with Crippen LogP contribution in [0.2, 0.25) is 0 Å². The van der Waals surface area contributed by atoms with Crippen molar-refractivity contribution < 1.29 is 15.4 Å². The van der Waals surface area contributed by atoms with Gasteiger partial charge in [-0.25, -0.2) is 0 Å². The first-order chi connectivity index (χ1) is 5.25. The summed E-state index contributed by atoms with van der Waals surface area (Å²) in [7, 11) is 0. The van der Waals surface area contributed by atoms with Gasteiger partial charge in [-0.1, -0.05) is 0 Å². The first kappa shape index (κ1) is 16.5. The fourth-order valence-electron chi connectivity index (χ4n) is 1.63. The highest BCUT2D eigenvalue weighted by Crippen LogP contribution is 2.43. The molecule has 1 rings (SSSR count). The first-order valence-electron chi connectivity index (χ1n) is 3.95. The Labute approximate surface area is 94.6 Å². The maximum absolute atomic E-state index is 10.8. The smallest absolute Gasteiger partial charge is 0.322 e. The molecule has 1 aliphatic rings. The first-order valence-corrected chi connectivity index (χ1v) is 4.77. The highest BCUT2D eigenvalue weighted by Gasteiger charge is 2.48. The van der Waals surface area contributed by atoms with Crippen LogP contribution >= 0.6 is 24.2 Å². The summed E-state index contributed by atoms with van der Waals surface area (Å²) in [5.41, 5.74) is 0. The van der Waals surface area contributed by atoms with E-state index in [4.69, 9.17) is 5.11 Å². The summed E-state index contributed by atoms with van der Waals surface area (Å²) in [6, 6.07) is -0.447. The van der Waals surface area contributed by atoms with Crippen LogP contribution in [0.25, 0.3) is 0 Å². The fourth-order valence-corrected chi connectivity index (χ4v) is 3.40. The summed E-state index contributed by atoms with van der Waals surface area (Å²) in [4.78, 5) is 10.7. The Bertz CT molecular complexity index is 221. The molecule has 14 heavy (non-hydrogen) atoms. The topological polar surface area (TPSA) is 80.8 Å². The molecule has 0 aromatic rings. The number of hydrogen-bond donors (Lipinski definition) is 2. The molecular formula is C8H18ClNO3S. The molecule has 0 aromatic carbocycles. The summed E-state index contributed by atoms with van der Waals surface area (Å²) in [6.07, 6.45) is 0. The maximum atomic E-state index is 10.8. The third-order valence-corrected chi connectivity index (χ3v) is 3.34. The molecule has 1 fully saturated rings. The molecule has 1 aliphatic heterocycles. The van der Waals surface area contributed by atoms with Crippen LogP contribution in [0.5, 0.6) is 0 Å². The van der Waals surface area contributed by atoms with Crippen LogP contribution in [-0.2, 0) is 4.79 Å². The lowest BCUT2D eigenvalue weighted by Crippen LogP contribution is -2.46. The number of aliphatic carboxylic acids is 1. The molecule has 0 aromatic heterocycles. The fraction of sp³-hybridized carbons (Fsp3) is 0.875. The molecule has 1 atom stereocenters. The van der Waals surface area contributed by atoms with E-state index in [1.165, 1.54) is 0 Å². The third-order valence-electron chi connectivity index (χ3n) is 1.95. The van der Waals surface area contributed by atoms with Crippen LogP contribution in [0.3, 0.4) is 0 Å². The van der Waals surface area contributed by atoms with Gasteiger partial charge in [0.2, 0.25) is 0 Å². The molecule has 1 heterocycles. The molecule has 0 radical (unpaired) electrons. The van der Waals surface area contributed by atoms with E-state index in [1.807, 2.05) is 27.7 Å². The molecule has 4 N–H and O–H groups in total. The van der Waals surface area contributed by atoms with Crippen LogP contribution < -0.4 is 5.32 Å². The van der Waals surface area contributed by atoms with Gasteiger partial charge >= 0.3 is 5.97 Å². The Morgan fingerprint density at radius 1 is 1.36 bits per heavy atom. The van der Waals surface area contributed by atoms with E-state index in [2.05, 4.69) is 5.32 Å². The summed E-state index contributed by atoms with van der Waals surface area (Å²) in [6.45, 7) is 7.92. The van der Waals surface area contributed by atoms with Crippen LogP contribution in [0.4, 0.5) is 0 Å². The molecule has 0 aliphatic carbocycles. The summed E-state index contributed by atoms with van der Waals surface area (Å²) >= 11 is 1.67. The molecule has 1 saturated heterocycles. The minimum atomic E-state index is -0.766. The van der Waals surface area contributed by atoms with E-state index in [1.54, 1.807) is 11.8 Å². The van der Waals surface area contributed by atoms with Gasteiger partial charge in [0.1, 0.15) is 6.04 Å². The highest BCUT2D eigenvalue weighted by atomic mass is 35.5. The van der Waals surface area contributed by atoms with E-state index in [-0.39, 0.29) is 27.5 Å². The molecule has 0 amide bonds. The zero-order chi connectivity index (χ0) is 9.57. The predicted octanol–water partition coefficient (Wildman–Crippen LogP) is 0.888. The average molecular weight is 244 g/mol. The van der Waals surface area contributed by atoms with Crippen molar-refractivity contribution in [2.24, 2.45) is 0 Å². The Morgan fingerprint density at radius 3 is 1.93 bits per heavy atom. The number of carboxylic acid groups (broad SMARTS) is 1. The number of hydrogen-bond acceptors (Lipinski definition) is 3. The predicted molar refractivity (Wildman–Crippen MR) is 61.2 cm³/mol. The average Bonchev–Trinajstić information content (AvgIpc) is 1.99. The van der Waals surface area contributed by atoms with Gasteiger partial charge in [-0.2, -0.15) is 0 Å². The van der Waals surface area contributed by atoms with Crippen LogP contribution in [0, 0.1) is 0 Å². The van der Waals surface area contributed by atoms with Gasteiger partial charge in [0.25, 0.3) is 0 Å². The van der Waals surface area contributed by atoms with Crippen molar-refractivity contribution in [3.05, 3.63) is 0 Å². The van der Waals surface area contributed by atoms with Crippen LogP contribution in [-0.4, -0.2) is 32.2 Å². The van der Waals surface area contributed by atoms with Gasteiger partial charge in [-0.15, -0.1) is 24.2 Å². The Morgan fingerprint density at radius 2 is 1.79 bits per heavy atom. The number of nitrogens with one attached hydrogen (secondary N) is 1. The minimum Gasteiger partial charge on any atom is -0.480 e. The second kappa shape index (κ2) is 4.70. The Hall–Kier alpha value is 0.0300. The van der Waals surface area contributed by atoms with E-state index >= 15 is 0 Å². The van der Waals surface area contributed by atoms with Gasteiger partial charge in [0.15, 0.2) is 0 Å². The van der Waals surface area contributed by atoms with Crippen molar-refractivity contribution in [1.29, 1.82) is 0 Å². The van der Waals surface area contributed by atoms with E-state index < -0.39 is 12.0 Å². The number of thioether (sulfide) groups is 1. The number of carbonyl (C=O) groups is 1. The number of rotatable bonds is 1. The Balaban J connectivity index is 0. The molecule has 0 bridgehead atoms.